The van der Waals surface area contributed by atoms with Crippen LogP contribution >= 0.6 is 0 Å². The Kier molecular flexibility index (Phi) is 25.1. The van der Waals surface area contributed by atoms with E-state index in [0.29, 0.717) is 36.0 Å². The summed E-state index contributed by atoms with van der Waals surface area (Å²) in [5.41, 5.74) is 10.6. The fraction of sp³-hybridized carbons (Fsp3) is 0.485. The van der Waals surface area contributed by atoms with Crippen molar-refractivity contribution in [3.8, 4) is 45.0 Å². The molecule has 75 heavy (non-hydrogen) atoms. The minimum atomic E-state index is -0.350. The monoisotopic (exact) mass is 1010 g/mol. The third kappa shape index (κ3) is 19.2. The van der Waals surface area contributed by atoms with Gasteiger partial charge < -0.3 is 14.2 Å². The molecule has 2 heterocycles. The summed E-state index contributed by atoms with van der Waals surface area (Å²) in [4.78, 5) is 45.8. The molecule has 0 aliphatic heterocycles. The van der Waals surface area contributed by atoms with Gasteiger partial charge in [-0.15, -0.1) is 0 Å². The predicted octanol–water partition coefficient (Wildman–Crippen LogP) is 17.4. The van der Waals surface area contributed by atoms with E-state index >= 15 is 0 Å². The number of ether oxygens (including phenoxy) is 3. The highest BCUT2D eigenvalue weighted by molar-refractivity contribution is 5.92. The number of esters is 2. The van der Waals surface area contributed by atoms with Crippen LogP contribution < -0.4 is 0 Å². The molecule has 0 saturated carbocycles. The number of unbranched alkanes of at least 4 members (excludes halogenated alkanes) is 14. The maximum absolute atomic E-state index is 13.4. The molecule has 2 atom stereocenters. The lowest BCUT2D eigenvalue weighted by Gasteiger charge is -2.16. The van der Waals surface area contributed by atoms with Crippen LogP contribution in [-0.4, -0.2) is 45.1 Å². The zero-order chi connectivity index (χ0) is 53.0. The summed E-state index contributed by atoms with van der Waals surface area (Å²) in [5, 5.41) is 0. The molecule has 6 rings (SSSR count). The predicted molar refractivity (Wildman–Crippen MR) is 306 cm³/mol. The van der Waals surface area contributed by atoms with E-state index in [9.17, 15) is 9.59 Å². The number of carbonyl (C=O) groups is 2. The average molecular weight is 1020 g/mol. The molecule has 0 N–H and O–H groups in total. The fourth-order valence-electron chi connectivity index (χ4n) is 9.09. The summed E-state index contributed by atoms with van der Waals surface area (Å²) in [6, 6.07) is 27.7. The largest absolute Gasteiger partial charge is 0.462 e. The van der Waals surface area contributed by atoms with Crippen LogP contribution in [-0.2, 0) is 40.3 Å². The van der Waals surface area contributed by atoms with Crippen molar-refractivity contribution in [1.29, 1.82) is 0 Å². The number of aryl methyl sites for hydroxylation is 2. The second kappa shape index (κ2) is 32.4. The lowest BCUT2D eigenvalue weighted by Crippen LogP contribution is -2.12. The normalized spacial score (nSPS) is 12.1. The Morgan fingerprint density at radius 3 is 1.11 bits per heavy atom. The highest BCUT2D eigenvalue weighted by Crippen LogP contribution is 2.32. The van der Waals surface area contributed by atoms with E-state index in [4.69, 9.17) is 34.1 Å². The van der Waals surface area contributed by atoms with E-state index in [1.807, 2.05) is 85.5 Å². The SMILES string of the molecule is CCCCCCCCCCc1cnc(-c2ccc(-c3cc(C(=O)OCC(C)CC)ccc3COCc3ccc(C(=O)OCC(C)CC)cc3-c3ccc(-c4ncc(CCCCCCCCCC)cn4)cc3)cc2)nc1. The number of rotatable bonds is 34. The zero-order valence-corrected chi connectivity index (χ0v) is 46.3. The Morgan fingerprint density at radius 1 is 0.427 bits per heavy atom. The molecule has 0 fully saturated rings. The lowest BCUT2D eigenvalue weighted by molar-refractivity contribution is 0.0438. The van der Waals surface area contributed by atoms with E-state index in [2.05, 4.69) is 65.8 Å². The smallest absolute Gasteiger partial charge is 0.338 e. The van der Waals surface area contributed by atoms with Gasteiger partial charge in [-0.25, -0.2) is 29.5 Å². The third-order valence-electron chi connectivity index (χ3n) is 14.6. The number of aromatic nitrogens is 4. The molecular weight excluding hydrogens is 929 g/mol. The third-order valence-corrected chi connectivity index (χ3v) is 14.6. The van der Waals surface area contributed by atoms with Crippen molar-refractivity contribution in [2.75, 3.05) is 13.2 Å². The van der Waals surface area contributed by atoms with Gasteiger partial charge >= 0.3 is 11.9 Å². The Labute approximate surface area is 450 Å². The molecule has 0 spiro atoms. The van der Waals surface area contributed by atoms with Crippen LogP contribution in [0.2, 0.25) is 0 Å². The highest BCUT2D eigenvalue weighted by Gasteiger charge is 2.18. The van der Waals surface area contributed by atoms with Gasteiger partial charge in [0.1, 0.15) is 0 Å². The van der Waals surface area contributed by atoms with Gasteiger partial charge in [0.2, 0.25) is 0 Å². The Bertz CT molecular complexity index is 2410. The summed E-state index contributed by atoms with van der Waals surface area (Å²) < 4.78 is 18.1. The van der Waals surface area contributed by atoms with Gasteiger partial charge in [-0.05, 0) is 106 Å². The van der Waals surface area contributed by atoms with Crippen molar-refractivity contribution in [2.45, 2.75) is 183 Å². The molecule has 0 amide bonds. The Morgan fingerprint density at radius 2 is 0.760 bits per heavy atom. The van der Waals surface area contributed by atoms with Crippen LogP contribution in [0.15, 0.2) is 110 Å². The van der Waals surface area contributed by atoms with E-state index in [1.54, 1.807) is 0 Å². The van der Waals surface area contributed by atoms with Gasteiger partial charge in [-0.2, -0.15) is 0 Å². The molecule has 0 radical (unpaired) electrons. The van der Waals surface area contributed by atoms with Crippen molar-refractivity contribution < 1.29 is 23.8 Å². The number of benzene rings is 4. The first kappa shape index (κ1) is 58.2. The molecule has 2 unspecified atom stereocenters. The topological polar surface area (TPSA) is 113 Å². The summed E-state index contributed by atoms with van der Waals surface area (Å²) in [5.74, 6) is 1.19. The van der Waals surface area contributed by atoms with E-state index in [1.165, 1.54) is 101 Å². The lowest BCUT2D eigenvalue weighted by atomic mass is 9.96. The second-order valence-corrected chi connectivity index (χ2v) is 20.9. The second-order valence-electron chi connectivity index (χ2n) is 20.9. The maximum Gasteiger partial charge on any atom is 0.338 e. The summed E-state index contributed by atoms with van der Waals surface area (Å²) in [6.45, 7) is 14.1. The number of hydrogen-bond donors (Lipinski definition) is 0. The molecule has 4 aromatic carbocycles. The number of hydrogen-bond acceptors (Lipinski definition) is 9. The number of nitrogens with zero attached hydrogens (tertiary/aromatic N) is 4. The number of carbonyl (C=O) groups excluding carboxylic acids is 2. The first-order valence-electron chi connectivity index (χ1n) is 28.7. The summed E-state index contributed by atoms with van der Waals surface area (Å²) in [7, 11) is 0. The summed E-state index contributed by atoms with van der Waals surface area (Å²) in [6.07, 6.45) is 32.3. The van der Waals surface area contributed by atoms with Crippen molar-refractivity contribution in [3.05, 3.63) is 143 Å². The van der Waals surface area contributed by atoms with E-state index in [-0.39, 0.29) is 37.0 Å². The van der Waals surface area contributed by atoms with Crippen LogP contribution in [0.3, 0.4) is 0 Å². The van der Waals surface area contributed by atoms with Crippen LogP contribution in [0.5, 0.6) is 0 Å². The van der Waals surface area contributed by atoms with E-state index < -0.39 is 0 Å². The molecule has 400 valence electrons. The highest BCUT2D eigenvalue weighted by atomic mass is 16.5. The molecule has 0 aliphatic carbocycles. The van der Waals surface area contributed by atoms with Crippen LogP contribution in [0.4, 0.5) is 0 Å². The maximum atomic E-state index is 13.4. The molecule has 9 nitrogen and oxygen atoms in total. The van der Waals surface area contributed by atoms with Crippen molar-refractivity contribution >= 4 is 11.9 Å². The van der Waals surface area contributed by atoms with E-state index in [0.717, 1.165) is 83.0 Å². The molecule has 2 aromatic heterocycles. The van der Waals surface area contributed by atoms with Gasteiger partial charge in [0.15, 0.2) is 11.6 Å². The quantitative estimate of drug-likeness (QED) is 0.0288. The summed E-state index contributed by atoms with van der Waals surface area (Å²) >= 11 is 0. The molecule has 9 heteroatoms. The van der Waals surface area contributed by atoms with Crippen molar-refractivity contribution in [2.24, 2.45) is 11.8 Å². The molecule has 0 bridgehead atoms. The minimum absolute atomic E-state index is 0.266. The van der Waals surface area contributed by atoms with Crippen LogP contribution in [0, 0.1) is 11.8 Å². The molecule has 0 saturated heterocycles. The first-order valence-corrected chi connectivity index (χ1v) is 28.7. The molecule has 6 aromatic rings. The minimum Gasteiger partial charge on any atom is -0.462 e. The Balaban J connectivity index is 1.16. The van der Waals surface area contributed by atoms with Crippen LogP contribution in [0.1, 0.15) is 200 Å². The van der Waals surface area contributed by atoms with Crippen molar-refractivity contribution in [3.63, 3.8) is 0 Å². The van der Waals surface area contributed by atoms with Gasteiger partial charge in [0, 0.05) is 35.9 Å². The van der Waals surface area contributed by atoms with Gasteiger partial charge in [-0.3, -0.25) is 0 Å². The van der Waals surface area contributed by atoms with Gasteiger partial charge in [0.05, 0.1) is 37.6 Å². The van der Waals surface area contributed by atoms with Crippen LogP contribution in [0.25, 0.3) is 45.0 Å². The van der Waals surface area contributed by atoms with Gasteiger partial charge in [0.25, 0.3) is 0 Å². The standard InChI is InChI=1S/C66H86N4O5/c1-7-11-13-15-17-19-21-23-25-51-41-67-63(68-42-51)55-31-27-53(28-32-55)61-39-57(65(71)74-45-49(5)9-3)35-37-59(61)47-73-48-60-38-36-58(66(72)75-46-50(6)10-4)40-62(60)54-29-33-56(34-30-54)64-69-43-52(44-70-64)26-24-22-20-18-16-14-12-8-2/h27-44,49-50H,7-26,45-48H2,1-6H3. The zero-order valence-electron chi connectivity index (χ0n) is 46.3. The Hall–Kier alpha value is -6.06. The average Bonchev–Trinajstić information content (AvgIpc) is 3.45. The fourth-order valence-corrected chi connectivity index (χ4v) is 9.09. The van der Waals surface area contributed by atoms with Gasteiger partial charge in [-0.1, -0.05) is 205 Å². The first-order chi connectivity index (χ1) is 36.7. The molecule has 0 aliphatic rings. The van der Waals surface area contributed by atoms with Crippen molar-refractivity contribution in [1.82, 2.24) is 19.9 Å². The molecular formula is C66H86N4O5.